The van der Waals surface area contributed by atoms with E-state index in [1.807, 2.05) is 0 Å². The second kappa shape index (κ2) is 9.52. The third kappa shape index (κ3) is 5.67. The average molecular weight is 369 g/mol. The van der Waals surface area contributed by atoms with Crippen LogP contribution >= 0.6 is 0 Å². The first-order valence-corrected chi connectivity index (χ1v) is 8.62. The second-order valence-electron chi connectivity index (χ2n) is 6.32. The molecular weight excluding hydrogens is 346 g/mol. The zero-order valence-corrected chi connectivity index (χ0v) is 15.6. The minimum Gasteiger partial charge on any atom is -0.497 e. The molecule has 1 amide bonds. The van der Waals surface area contributed by atoms with Crippen LogP contribution in [-0.4, -0.2) is 37.4 Å². The maximum atomic E-state index is 12.4. The van der Waals surface area contributed by atoms with Crippen LogP contribution in [0.3, 0.4) is 0 Å². The first-order valence-electron chi connectivity index (χ1n) is 8.62. The number of carbonyl (C=O) groups excluding carboxylic acids is 3. The molecule has 0 heterocycles. The molecule has 0 spiro atoms. The van der Waals surface area contributed by atoms with Crippen molar-refractivity contribution >= 4 is 17.7 Å². The van der Waals surface area contributed by atoms with Gasteiger partial charge >= 0.3 is 5.97 Å². The molecule has 0 saturated heterocycles. The van der Waals surface area contributed by atoms with E-state index in [4.69, 9.17) is 9.47 Å². The molecule has 0 aliphatic rings. The number of hydrogen-bond donors (Lipinski definition) is 1. The van der Waals surface area contributed by atoms with E-state index in [-0.39, 0.29) is 18.3 Å². The summed E-state index contributed by atoms with van der Waals surface area (Å²) in [6.07, 6.45) is 0. The molecule has 0 aliphatic carbocycles. The fourth-order valence-electron chi connectivity index (χ4n) is 2.40. The molecule has 1 N–H and O–H groups in total. The highest BCUT2D eigenvalue weighted by molar-refractivity contribution is 5.99. The van der Waals surface area contributed by atoms with Gasteiger partial charge in [0.2, 0.25) is 0 Å². The molecule has 0 fully saturated rings. The molecule has 142 valence electrons. The van der Waals surface area contributed by atoms with Gasteiger partial charge in [-0.3, -0.25) is 9.59 Å². The van der Waals surface area contributed by atoms with Crippen LogP contribution in [0, 0.1) is 5.92 Å². The number of amides is 1. The van der Waals surface area contributed by atoms with Crippen LogP contribution in [0.1, 0.15) is 34.6 Å². The van der Waals surface area contributed by atoms with E-state index in [1.165, 1.54) is 7.11 Å². The monoisotopic (exact) mass is 369 g/mol. The molecule has 0 aliphatic heterocycles. The summed E-state index contributed by atoms with van der Waals surface area (Å²) in [5.74, 6) is -0.913. The van der Waals surface area contributed by atoms with Gasteiger partial charge in [0.15, 0.2) is 12.4 Å². The summed E-state index contributed by atoms with van der Waals surface area (Å²) < 4.78 is 10.2. The van der Waals surface area contributed by atoms with Crippen LogP contribution in [0.4, 0.5) is 0 Å². The first kappa shape index (κ1) is 20.2. The van der Waals surface area contributed by atoms with E-state index in [0.29, 0.717) is 16.9 Å². The van der Waals surface area contributed by atoms with Gasteiger partial charge in [-0.1, -0.05) is 44.2 Å². The number of esters is 1. The summed E-state index contributed by atoms with van der Waals surface area (Å²) >= 11 is 0. The normalized spacial score (nSPS) is 11.6. The molecule has 0 radical (unpaired) electrons. The summed E-state index contributed by atoms with van der Waals surface area (Å²) in [7, 11) is 1.54. The highest BCUT2D eigenvalue weighted by Gasteiger charge is 2.27. The Labute approximate surface area is 158 Å². The lowest BCUT2D eigenvalue weighted by Gasteiger charge is -2.20. The Kier molecular flexibility index (Phi) is 7.11. The zero-order valence-electron chi connectivity index (χ0n) is 15.6. The first-order chi connectivity index (χ1) is 12.9. The third-order valence-corrected chi connectivity index (χ3v) is 4.00. The van der Waals surface area contributed by atoms with E-state index in [2.05, 4.69) is 5.32 Å². The molecule has 2 rings (SSSR count). The lowest BCUT2D eigenvalue weighted by molar-refractivity contribution is -0.145. The highest BCUT2D eigenvalue weighted by Crippen LogP contribution is 2.12. The maximum absolute atomic E-state index is 12.4. The van der Waals surface area contributed by atoms with Crippen LogP contribution in [0.2, 0.25) is 0 Å². The molecular formula is C21H23NO5. The molecule has 6 heteroatoms. The van der Waals surface area contributed by atoms with Crippen LogP contribution in [-0.2, 0) is 9.53 Å². The van der Waals surface area contributed by atoms with Crippen molar-refractivity contribution in [2.24, 2.45) is 5.92 Å². The number of ketones is 1. The topological polar surface area (TPSA) is 81.7 Å². The van der Waals surface area contributed by atoms with Crippen molar-refractivity contribution in [1.29, 1.82) is 0 Å². The number of methoxy groups -OCH3 is 1. The van der Waals surface area contributed by atoms with E-state index < -0.39 is 17.9 Å². The number of hydrogen-bond acceptors (Lipinski definition) is 5. The number of nitrogens with one attached hydrogen (secondary N) is 1. The molecule has 0 saturated carbocycles. The van der Waals surface area contributed by atoms with Gasteiger partial charge in [0.1, 0.15) is 11.8 Å². The molecule has 2 aromatic rings. The van der Waals surface area contributed by atoms with Crippen molar-refractivity contribution in [3.8, 4) is 5.75 Å². The highest BCUT2D eigenvalue weighted by atomic mass is 16.5. The lowest BCUT2D eigenvalue weighted by atomic mass is 10.0. The molecule has 0 aromatic heterocycles. The fourth-order valence-corrected chi connectivity index (χ4v) is 2.40. The van der Waals surface area contributed by atoms with Crippen molar-refractivity contribution in [3.05, 3.63) is 65.7 Å². The largest absolute Gasteiger partial charge is 0.497 e. The van der Waals surface area contributed by atoms with E-state index in [1.54, 1.807) is 68.4 Å². The number of Topliss-reactive ketones (excluding diaryl/α,β-unsaturated/α-hetero) is 1. The van der Waals surface area contributed by atoms with Crippen LogP contribution in [0.15, 0.2) is 54.6 Å². The smallest absolute Gasteiger partial charge is 0.329 e. The van der Waals surface area contributed by atoms with Gasteiger partial charge in [0, 0.05) is 11.1 Å². The Morgan fingerprint density at radius 1 is 0.926 bits per heavy atom. The zero-order chi connectivity index (χ0) is 19.8. The van der Waals surface area contributed by atoms with E-state index in [9.17, 15) is 14.4 Å². The van der Waals surface area contributed by atoms with Gasteiger partial charge in [0.25, 0.3) is 5.91 Å². The Balaban J connectivity index is 1.97. The Morgan fingerprint density at radius 2 is 1.56 bits per heavy atom. The van der Waals surface area contributed by atoms with Gasteiger partial charge in [-0.15, -0.1) is 0 Å². The van der Waals surface area contributed by atoms with Gasteiger partial charge in [-0.2, -0.15) is 0 Å². The van der Waals surface area contributed by atoms with Crippen LogP contribution in [0.25, 0.3) is 0 Å². The van der Waals surface area contributed by atoms with Crippen LogP contribution < -0.4 is 10.1 Å². The average Bonchev–Trinajstić information content (AvgIpc) is 2.70. The van der Waals surface area contributed by atoms with Crippen molar-refractivity contribution in [3.63, 3.8) is 0 Å². The van der Waals surface area contributed by atoms with Gasteiger partial charge in [-0.25, -0.2) is 4.79 Å². The SMILES string of the molecule is COc1ccc(C(=O)N[C@H](C(=O)OCC(=O)c2ccccc2)C(C)C)cc1. The summed E-state index contributed by atoms with van der Waals surface area (Å²) in [4.78, 5) is 36.8. The number of rotatable bonds is 8. The van der Waals surface area contributed by atoms with Crippen molar-refractivity contribution in [1.82, 2.24) is 5.32 Å². The molecule has 6 nitrogen and oxygen atoms in total. The fraction of sp³-hybridized carbons (Fsp3) is 0.286. The quantitative estimate of drug-likeness (QED) is 0.572. The Bertz CT molecular complexity index is 784. The number of ether oxygens (including phenoxy) is 2. The van der Waals surface area contributed by atoms with Crippen LogP contribution in [0.5, 0.6) is 5.75 Å². The molecule has 1 atom stereocenters. The predicted molar refractivity (Wildman–Crippen MR) is 101 cm³/mol. The summed E-state index contributed by atoms with van der Waals surface area (Å²) in [5.41, 5.74) is 0.864. The number of benzene rings is 2. The third-order valence-electron chi connectivity index (χ3n) is 4.00. The van der Waals surface area contributed by atoms with E-state index >= 15 is 0 Å². The predicted octanol–water partition coefficient (Wildman–Crippen LogP) is 2.88. The van der Waals surface area contributed by atoms with Crippen molar-refractivity contribution < 1.29 is 23.9 Å². The minimum absolute atomic E-state index is 0.202. The molecule has 0 unspecified atom stereocenters. The Hall–Kier alpha value is -3.15. The van der Waals surface area contributed by atoms with Crippen molar-refractivity contribution in [2.45, 2.75) is 19.9 Å². The summed E-state index contributed by atoms with van der Waals surface area (Å²) in [6, 6.07) is 14.3. The maximum Gasteiger partial charge on any atom is 0.329 e. The molecule has 27 heavy (non-hydrogen) atoms. The second-order valence-corrected chi connectivity index (χ2v) is 6.32. The summed E-state index contributed by atoms with van der Waals surface area (Å²) in [6.45, 7) is 3.21. The lowest BCUT2D eigenvalue weighted by Crippen LogP contribution is -2.45. The summed E-state index contributed by atoms with van der Waals surface area (Å²) in [5, 5.41) is 2.67. The molecule has 2 aromatic carbocycles. The van der Waals surface area contributed by atoms with Gasteiger partial charge in [-0.05, 0) is 30.2 Å². The molecule has 0 bridgehead atoms. The standard InChI is InChI=1S/C21H23NO5/c1-14(2)19(22-20(24)16-9-11-17(26-3)12-10-16)21(25)27-13-18(23)15-7-5-4-6-8-15/h4-12,14,19H,13H2,1-3H3,(H,22,24)/t19-/m0/s1. The minimum atomic E-state index is -0.858. The Morgan fingerprint density at radius 3 is 2.11 bits per heavy atom. The number of carbonyl (C=O) groups is 3. The van der Waals surface area contributed by atoms with Gasteiger partial charge < -0.3 is 14.8 Å². The van der Waals surface area contributed by atoms with Gasteiger partial charge in [0.05, 0.1) is 7.11 Å². The van der Waals surface area contributed by atoms with E-state index in [0.717, 1.165) is 0 Å². The van der Waals surface area contributed by atoms with Crippen molar-refractivity contribution in [2.75, 3.05) is 13.7 Å².